The van der Waals surface area contributed by atoms with Gasteiger partial charge in [0, 0.05) is 7.11 Å². The van der Waals surface area contributed by atoms with Crippen LogP contribution >= 0.6 is 0 Å². The Morgan fingerprint density at radius 2 is 2.00 bits per heavy atom. The normalized spacial score (nSPS) is 18.0. The summed E-state index contributed by atoms with van der Waals surface area (Å²) in [4.78, 5) is 11.0. The van der Waals surface area contributed by atoms with Crippen molar-refractivity contribution in [1.82, 2.24) is 0 Å². The molecular weight excluding hydrogens is 240 g/mol. The third kappa shape index (κ3) is 4.06. The van der Waals surface area contributed by atoms with Crippen LogP contribution < -0.4 is 0 Å². The first kappa shape index (κ1) is 14.1. The van der Waals surface area contributed by atoms with Crippen LogP contribution in [0.15, 0.2) is 24.3 Å². The molecule has 2 atom stereocenters. The van der Waals surface area contributed by atoms with Crippen LogP contribution in [0.25, 0.3) is 0 Å². The van der Waals surface area contributed by atoms with Gasteiger partial charge >= 0.3 is 5.97 Å². The summed E-state index contributed by atoms with van der Waals surface area (Å²) in [5.41, 5.74) is 2.40. The lowest BCUT2D eigenvalue weighted by Gasteiger charge is -2.15. The van der Waals surface area contributed by atoms with Gasteiger partial charge in [-0.3, -0.25) is 4.79 Å². The lowest BCUT2D eigenvalue weighted by atomic mass is 9.90. The number of hydrogen-bond donors (Lipinski definition) is 1. The highest BCUT2D eigenvalue weighted by molar-refractivity contribution is 5.68. The molecule has 0 aliphatic heterocycles. The monoisotopic (exact) mass is 262 g/mol. The quantitative estimate of drug-likeness (QED) is 0.820. The molecule has 0 heterocycles. The number of ether oxygens (including phenoxy) is 1. The molecule has 0 bridgehead atoms. The van der Waals surface area contributed by atoms with Gasteiger partial charge in [0.25, 0.3) is 0 Å². The number of aliphatic carboxylic acids is 1. The lowest BCUT2D eigenvalue weighted by Crippen LogP contribution is -2.10. The summed E-state index contributed by atoms with van der Waals surface area (Å²) in [5, 5.41) is 9.01. The number of carbonyl (C=O) groups is 1. The van der Waals surface area contributed by atoms with Crippen LogP contribution in [0.2, 0.25) is 0 Å². The van der Waals surface area contributed by atoms with Crippen LogP contribution in [0.5, 0.6) is 0 Å². The van der Waals surface area contributed by atoms with E-state index in [2.05, 4.69) is 24.3 Å². The predicted octanol–water partition coefficient (Wildman–Crippen LogP) is 3.23. The Labute approximate surface area is 114 Å². The van der Waals surface area contributed by atoms with Crippen molar-refractivity contribution in [2.24, 2.45) is 5.92 Å². The van der Waals surface area contributed by atoms with Crippen molar-refractivity contribution in [1.29, 1.82) is 0 Å². The van der Waals surface area contributed by atoms with Gasteiger partial charge in [0.1, 0.15) is 0 Å². The van der Waals surface area contributed by atoms with Crippen LogP contribution in [0.3, 0.4) is 0 Å². The molecule has 1 aromatic rings. The molecule has 0 spiro atoms. The number of methoxy groups -OCH3 is 1. The van der Waals surface area contributed by atoms with Gasteiger partial charge in [-0.25, -0.2) is 0 Å². The van der Waals surface area contributed by atoms with Crippen molar-refractivity contribution >= 4 is 5.97 Å². The Morgan fingerprint density at radius 3 is 2.47 bits per heavy atom. The molecule has 2 rings (SSSR count). The minimum absolute atomic E-state index is 0.186. The maximum atomic E-state index is 11.0. The Bertz CT molecular complexity index is 420. The van der Waals surface area contributed by atoms with Crippen molar-refractivity contribution < 1.29 is 14.6 Å². The van der Waals surface area contributed by atoms with Crippen LogP contribution in [-0.2, 0) is 16.0 Å². The van der Waals surface area contributed by atoms with E-state index in [1.54, 1.807) is 7.11 Å². The van der Waals surface area contributed by atoms with Gasteiger partial charge in [-0.2, -0.15) is 0 Å². The van der Waals surface area contributed by atoms with Crippen LogP contribution in [0.4, 0.5) is 0 Å². The molecule has 1 aliphatic carbocycles. The van der Waals surface area contributed by atoms with E-state index in [-0.39, 0.29) is 18.4 Å². The zero-order valence-corrected chi connectivity index (χ0v) is 11.6. The summed E-state index contributed by atoms with van der Waals surface area (Å²) in [6.07, 6.45) is 3.69. The number of benzene rings is 1. The number of rotatable bonds is 7. The Kier molecular flexibility index (Phi) is 4.59. The molecule has 1 fully saturated rings. The zero-order valence-electron chi connectivity index (χ0n) is 11.6. The van der Waals surface area contributed by atoms with Gasteiger partial charge in [-0.15, -0.1) is 0 Å². The summed E-state index contributed by atoms with van der Waals surface area (Å²) in [5.74, 6) is 0.0558. The fourth-order valence-electron chi connectivity index (χ4n) is 2.56. The van der Waals surface area contributed by atoms with E-state index in [4.69, 9.17) is 9.84 Å². The molecule has 3 nitrogen and oxygen atoms in total. The second-order valence-corrected chi connectivity index (χ2v) is 5.53. The third-order valence-electron chi connectivity index (χ3n) is 3.92. The molecule has 0 aromatic heterocycles. The van der Waals surface area contributed by atoms with E-state index in [0.29, 0.717) is 5.92 Å². The van der Waals surface area contributed by atoms with Crippen molar-refractivity contribution in [2.45, 2.75) is 44.6 Å². The van der Waals surface area contributed by atoms with E-state index in [0.717, 1.165) is 6.42 Å². The van der Waals surface area contributed by atoms with Gasteiger partial charge in [-0.05, 0) is 49.1 Å². The zero-order chi connectivity index (χ0) is 13.8. The molecule has 1 aliphatic rings. The summed E-state index contributed by atoms with van der Waals surface area (Å²) in [7, 11) is 1.72. The predicted molar refractivity (Wildman–Crippen MR) is 74.3 cm³/mol. The molecular formula is C16H22O3. The van der Waals surface area contributed by atoms with Gasteiger partial charge in [-0.1, -0.05) is 24.3 Å². The first-order valence-corrected chi connectivity index (χ1v) is 6.93. The molecule has 0 saturated heterocycles. The molecule has 19 heavy (non-hydrogen) atoms. The molecule has 1 N–H and O–H groups in total. The smallest absolute Gasteiger partial charge is 0.303 e. The van der Waals surface area contributed by atoms with Crippen LogP contribution in [0.1, 0.15) is 43.2 Å². The van der Waals surface area contributed by atoms with Crippen molar-refractivity contribution in [2.75, 3.05) is 7.11 Å². The highest BCUT2D eigenvalue weighted by Crippen LogP contribution is 2.44. The average molecular weight is 262 g/mol. The van der Waals surface area contributed by atoms with E-state index in [1.807, 2.05) is 6.92 Å². The number of carboxylic acid groups (broad SMARTS) is 1. The summed E-state index contributed by atoms with van der Waals surface area (Å²) >= 11 is 0. The Morgan fingerprint density at radius 1 is 1.37 bits per heavy atom. The molecule has 1 saturated carbocycles. The Balaban J connectivity index is 2.05. The topological polar surface area (TPSA) is 46.5 Å². The maximum Gasteiger partial charge on any atom is 0.303 e. The summed E-state index contributed by atoms with van der Waals surface area (Å²) in [6, 6.07) is 8.37. The maximum absolute atomic E-state index is 11.0. The molecule has 1 aromatic carbocycles. The van der Waals surface area contributed by atoms with Crippen LogP contribution in [-0.4, -0.2) is 24.3 Å². The van der Waals surface area contributed by atoms with Gasteiger partial charge in [0.15, 0.2) is 0 Å². The summed E-state index contributed by atoms with van der Waals surface area (Å²) in [6.45, 7) is 2.05. The number of carboxylic acids is 1. The average Bonchev–Trinajstić information content (AvgIpc) is 3.21. The van der Waals surface area contributed by atoms with Crippen molar-refractivity contribution in [3.63, 3.8) is 0 Å². The molecule has 104 valence electrons. The van der Waals surface area contributed by atoms with Crippen LogP contribution in [0, 0.1) is 5.92 Å². The minimum Gasteiger partial charge on any atom is -0.481 e. The third-order valence-corrected chi connectivity index (χ3v) is 3.92. The van der Waals surface area contributed by atoms with Crippen molar-refractivity contribution in [3.05, 3.63) is 35.4 Å². The Hall–Kier alpha value is -1.35. The standard InChI is InChI=1S/C16H22O3/c1-11(19-2)9-12-3-5-13(6-4-12)15(10-16(17)18)14-7-8-14/h3-6,11,14-15H,7-10H2,1-2H3,(H,17,18). The fourth-order valence-corrected chi connectivity index (χ4v) is 2.56. The molecule has 2 unspecified atom stereocenters. The van der Waals surface area contributed by atoms with E-state index in [1.165, 1.54) is 24.0 Å². The second-order valence-electron chi connectivity index (χ2n) is 5.53. The highest BCUT2D eigenvalue weighted by Gasteiger charge is 2.33. The lowest BCUT2D eigenvalue weighted by molar-refractivity contribution is -0.137. The summed E-state index contributed by atoms with van der Waals surface area (Å²) < 4.78 is 5.25. The van der Waals surface area contributed by atoms with E-state index in [9.17, 15) is 4.79 Å². The first-order chi connectivity index (χ1) is 9.10. The van der Waals surface area contributed by atoms with Gasteiger partial charge < -0.3 is 9.84 Å². The fraction of sp³-hybridized carbons (Fsp3) is 0.562. The van der Waals surface area contributed by atoms with Crippen molar-refractivity contribution in [3.8, 4) is 0 Å². The van der Waals surface area contributed by atoms with E-state index < -0.39 is 5.97 Å². The second kappa shape index (κ2) is 6.20. The molecule has 0 amide bonds. The molecule has 3 heteroatoms. The van der Waals surface area contributed by atoms with Gasteiger partial charge in [0.05, 0.1) is 12.5 Å². The largest absolute Gasteiger partial charge is 0.481 e. The van der Waals surface area contributed by atoms with Gasteiger partial charge in [0.2, 0.25) is 0 Å². The minimum atomic E-state index is -0.700. The number of hydrogen-bond acceptors (Lipinski definition) is 2. The van der Waals surface area contributed by atoms with E-state index >= 15 is 0 Å². The first-order valence-electron chi connectivity index (χ1n) is 6.93. The SMILES string of the molecule is COC(C)Cc1ccc(C(CC(=O)O)C2CC2)cc1. The highest BCUT2D eigenvalue weighted by atomic mass is 16.5. The molecule has 0 radical (unpaired) electrons.